The molecule has 6 heteroatoms. The summed E-state index contributed by atoms with van der Waals surface area (Å²) in [6.07, 6.45) is -3.80. The number of rotatable bonds is 1. The van der Waals surface area contributed by atoms with E-state index in [1.165, 1.54) is 6.07 Å². The van der Waals surface area contributed by atoms with Crippen LogP contribution in [0.4, 0.5) is 13.2 Å². The zero-order valence-corrected chi connectivity index (χ0v) is 12.0. The van der Waals surface area contributed by atoms with Crippen molar-refractivity contribution in [3.05, 3.63) is 58.1 Å². The van der Waals surface area contributed by atoms with Crippen LogP contribution in [0.15, 0.2) is 30.3 Å². The summed E-state index contributed by atoms with van der Waals surface area (Å²) in [5.74, 6) is -0.301. The minimum absolute atomic E-state index is 0.439. The third kappa shape index (κ3) is 2.73. The molecular weight excluding hydrogens is 317 g/mol. The molecule has 2 aromatic carbocycles. The monoisotopic (exact) mass is 327 g/mol. The van der Waals surface area contributed by atoms with Gasteiger partial charge in [-0.15, -0.1) is 0 Å². The Labute approximate surface area is 130 Å². The van der Waals surface area contributed by atoms with Gasteiger partial charge in [-0.3, -0.25) is 0 Å². The maximum atomic E-state index is 12.7. The number of ether oxygens (including phenoxy) is 1. The fourth-order valence-corrected chi connectivity index (χ4v) is 2.74. The van der Waals surface area contributed by atoms with E-state index in [1.54, 1.807) is 12.1 Å². The van der Waals surface area contributed by atoms with Gasteiger partial charge in [0.05, 0.1) is 10.6 Å². The van der Waals surface area contributed by atoms with E-state index in [1.807, 2.05) is 0 Å². The van der Waals surface area contributed by atoms with Gasteiger partial charge in [0.15, 0.2) is 0 Å². The van der Waals surface area contributed by atoms with E-state index in [2.05, 4.69) is 6.07 Å². The van der Waals surface area contributed by atoms with Crippen LogP contribution in [0.2, 0.25) is 5.02 Å². The molecule has 22 heavy (non-hydrogen) atoms. The molecule has 0 aliphatic carbocycles. The number of halogens is 4. The van der Waals surface area contributed by atoms with Crippen molar-refractivity contribution < 1.29 is 23.0 Å². The van der Waals surface area contributed by atoms with Crippen LogP contribution < -0.4 is 4.74 Å². The molecule has 115 valence electrons. The number of hydrogen-bond acceptors (Lipinski definition) is 2. The van der Waals surface area contributed by atoms with Crippen LogP contribution >= 0.6 is 11.6 Å². The van der Waals surface area contributed by atoms with Crippen LogP contribution in [-0.4, -0.2) is 5.11 Å². The molecule has 0 aromatic heterocycles. The second-order valence-electron chi connectivity index (χ2n) is 5.05. The summed E-state index contributed by atoms with van der Waals surface area (Å²) < 4.78 is 43.8. The van der Waals surface area contributed by atoms with Gasteiger partial charge in [0.2, 0.25) is 0 Å². The lowest BCUT2D eigenvalue weighted by Crippen LogP contribution is -2.16. The van der Waals surface area contributed by atoms with E-state index in [0.717, 1.165) is 17.7 Å². The summed E-state index contributed by atoms with van der Waals surface area (Å²) in [6, 6.07) is 9.66. The Morgan fingerprint density at radius 1 is 1.27 bits per heavy atom. The summed E-state index contributed by atoms with van der Waals surface area (Å²) in [6.45, 7) is 0. The van der Waals surface area contributed by atoms with E-state index in [0.29, 0.717) is 29.2 Å². The zero-order chi connectivity index (χ0) is 15.9. The second kappa shape index (κ2) is 5.39. The first kappa shape index (κ1) is 15.0. The molecule has 1 unspecified atom stereocenters. The van der Waals surface area contributed by atoms with Crippen LogP contribution in [-0.2, 0) is 12.6 Å². The standard InChI is InChI=1S/C16H11ClF3O2/c17-12-3-1-2-9-5-7-14(22-15(9)12)10-4-6-11(13(21)8-10)16(18,19)20/h1,3-4,6,8,14,21H,5,7H2. The fraction of sp³-hybridized carbons (Fsp3) is 0.250. The Morgan fingerprint density at radius 2 is 2.05 bits per heavy atom. The number of aromatic hydroxyl groups is 1. The lowest BCUT2D eigenvalue weighted by molar-refractivity contribution is -0.138. The number of phenols is 1. The number of alkyl halides is 3. The highest BCUT2D eigenvalue weighted by Gasteiger charge is 2.34. The molecule has 1 radical (unpaired) electrons. The van der Waals surface area contributed by atoms with E-state index in [4.69, 9.17) is 16.3 Å². The normalized spacial score (nSPS) is 17.7. The minimum Gasteiger partial charge on any atom is -0.507 e. The quantitative estimate of drug-likeness (QED) is 0.804. The van der Waals surface area contributed by atoms with E-state index >= 15 is 0 Å². The molecule has 0 amide bonds. The minimum atomic E-state index is -4.58. The molecule has 0 bridgehead atoms. The lowest BCUT2D eigenvalue weighted by Gasteiger charge is -2.27. The van der Waals surface area contributed by atoms with Gasteiger partial charge in [-0.2, -0.15) is 13.2 Å². The SMILES string of the molecule is Oc1cc(C2CCc3[c]ccc(Cl)c3O2)ccc1C(F)(F)F. The van der Waals surface area contributed by atoms with Crippen LogP contribution in [0, 0.1) is 6.07 Å². The van der Waals surface area contributed by atoms with Crippen molar-refractivity contribution in [3.8, 4) is 11.5 Å². The van der Waals surface area contributed by atoms with Crippen molar-refractivity contribution in [3.63, 3.8) is 0 Å². The summed E-state index contributed by atoms with van der Waals surface area (Å²) in [4.78, 5) is 0. The maximum Gasteiger partial charge on any atom is 0.419 e. The van der Waals surface area contributed by atoms with Crippen LogP contribution in [0.5, 0.6) is 11.5 Å². The molecule has 3 rings (SSSR count). The molecule has 2 aromatic rings. The molecule has 0 fully saturated rings. The van der Waals surface area contributed by atoms with Gasteiger partial charge in [0.25, 0.3) is 0 Å². The Hall–Kier alpha value is -1.88. The van der Waals surface area contributed by atoms with Gasteiger partial charge in [-0.05, 0) is 42.7 Å². The van der Waals surface area contributed by atoms with Crippen molar-refractivity contribution in [2.45, 2.75) is 25.1 Å². The molecular formula is C16H11ClF3O2. The van der Waals surface area contributed by atoms with Crippen LogP contribution in [0.1, 0.15) is 29.2 Å². The highest BCUT2D eigenvalue weighted by molar-refractivity contribution is 6.32. The predicted molar refractivity (Wildman–Crippen MR) is 75.1 cm³/mol. The van der Waals surface area contributed by atoms with Crippen molar-refractivity contribution >= 4 is 11.6 Å². The smallest absolute Gasteiger partial charge is 0.419 e. The summed E-state index contributed by atoms with van der Waals surface area (Å²) in [7, 11) is 0. The topological polar surface area (TPSA) is 29.5 Å². The van der Waals surface area contributed by atoms with Gasteiger partial charge in [0, 0.05) is 5.56 Å². The van der Waals surface area contributed by atoms with Crippen molar-refractivity contribution in [2.75, 3.05) is 0 Å². The molecule has 0 saturated carbocycles. The summed E-state index contributed by atoms with van der Waals surface area (Å²) >= 11 is 6.07. The number of fused-ring (bicyclic) bond motifs is 1. The van der Waals surface area contributed by atoms with Gasteiger partial charge in [-0.1, -0.05) is 23.7 Å². The third-order valence-electron chi connectivity index (χ3n) is 3.59. The molecule has 1 N–H and O–H groups in total. The highest BCUT2D eigenvalue weighted by Crippen LogP contribution is 2.41. The van der Waals surface area contributed by atoms with Crippen molar-refractivity contribution in [2.24, 2.45) is 0 Å². The Kier molecular flexibility index (Phi) is 3.68. The fourth-order valence-electron chi connectivity index (χ4n) is 2.51. The average Bonchev–Trinajstić information content (AvgIpc) is 2.46. The van der Waals surface area contributed by atoms with E-state index < -0.39 is 23.6 Å². The first-order chi connectivity index (χ1) is 10.4. The van der Waals surface area contributed by atoms with Crippen LogP contribution in [0.25, 0.3) is 0 Å². The van der Waals surface area contributed by atoms with Crippen LogP contribution in [0.3, 0.4) is 0 Å². The van der Waals surface area contributed by atoms with E-state index in [9.17, 15) is 18.3 Å². The molecule has 0 spiro atoms. The summed E-state index contributed by atoms with van der Waals surface area (Å²) in [5.41, 5.74) is 0.273. The molecule has 1 aliphatic rings. The Balaban J connectivity index is 1.91. The highest BCUT2D eigenvalue weighted by atomic mass is 35.5. The molecule has 1 aliphatic heterocycles. The number of aryl methyl sites for hydroxylation is 1. The first-order valence-corrected chi connectivity index (χ1v) is 7.00. The number of phenolic OH excluding ortho intramolecular Hbond substituents is 1. The summed E-state index contributed by atoms with van der Waals surface area (Å²) in [5, 5.41) is 10.0. The van der Waals surface area contributed by atoms with Gasteiger partial charge >= 0.3 is 6.18 Å². The largest absolute Gasteiger partial charge is 0.507 e. The Morgan fingerprint density at radius 3 is 2.73 bits per heavy atom. The van der Waals surface area contributed by atoms with Gasteiger partial charge in [0.1, 0.15) is 17.6 Å². The molecule has 1 heterocycles. The molecule has 0 saturated heterocycles. The van der Waals surface area contributed by atoms with Crippen molar-refractivity contribution in [1.82, 2.24) is 0 Å². The zero-order valence-electron chi connectivity index (χ0n) is 11.2. The van der Waals surface area contributed by atoms with Gasteiger partial charge < -0.3 is 9.84 Å². The first-order valence-electron chi connectivity index (χ1n) is 6.62. The average molecular weight is 328 g/mol. The van der Waals surface area contributed by atoms with E-state index in [-0.39, 0.29) is 0 Å². The number of benzene rings is 2. The molecule has 1 atom stereocenters. The molecule has 2 nitrogen and oxygen atoms in total. The number of hydrogen-bond donors (Lipinski definition) is 1. The Bertz CT molecular complexity index is 713. The third-order valence-corrected chi connectivity index (χ3v) is 3.89. The second-order valence-corrected chi connectivity index (χ2v) is 5.46. The maximum absolute atomic E-state index is 12.7. The predicted octanol–water partition coefficient (Wildman–Crippen LogP) is 4.93. The van der Waals surface area contributed by atoms with Gasteiger partial charge in [-0.25, -0.2) is 0 Å². The van der Waals surface area contributed by atoms with Crippen molar-refractivity contribution in [1.29, 1.82) is 0 Å². The lowest BCUT2D eigenvalue weighted by atomic mass is 9.96.